The molecule has 0 fully saturated rings. The molecular weight excluding hydrogens is 768 g/mol. The van der Waals surface area contributed by atoms with Crippen molar-refractivity contribution in [2.24, 2.45) is 0 Å². The molecule has 0 aromatic heterocycles. The Balaban J connectivity index is 0.000000767. The molecule has 4 aromatic carbocycles. The van der Waals surface area contributed by atoms with E-state index < -0.39 is 0 Å². The van der Waals surface area contributed by atoms with Gasteiger partial charge in [-0.05, 0) is 34.5 Å². The number of hydrogen-bond donors (Lipinski definition) is 0. The van der Waals surface area contributed by atoms with Crippen LogP contribution in [0.3, 0.4) is 0 Å². The van der Waals surface area contributed by atoms with Gasteiger partial charge in [-0.15, -0.1) is 67.5 Å². The van der Waals surface area contributed by atoms with Gasteiger partial charge in [-0.2, -0.15) is 12.1 Å². The van der Waals surface area contributed by atoms with Gasteiger partial charge in [0, 0.05) is 0 Å². The molecule has 43 heavy (non-hydrogen) atoms. The minimum atomic E-state index is -0.209. The fraction of sp³-hybridized carbons (Fsp3) is 0.526. The minimum absolute atomic E-state index is 0. The number of hydrogen-bond acceptors (Lipinski definition) is 0. The summed E-state index contributed by atoms with van der Waals surface area (Å²) in [4.78, 5) is 0. The van der Waals surface area contributed by atoms with Crippen molar-refractivity contribution in [2.75, 3.05) is 0 Å². The number of halogens is 2. The Labute approximate surface area is 298 Å². The first-order valence-electron chi connectivity index (χ1n) is 15.0. The molecule has 0 radical (unpaired) electrons. The summed E-state index contributed by atoms with van der Waals surface area (Å²) in [5.74, 6) is 0. The van der Waals surface area contributed by atoms with Gasteiger partial charge >= 0.3 is 25.8 Å². The van der Waals surface area contributed by atoms with Crippen LogP contribution in [0.15, 0.2) is 48.5 Å². The van der Waals surface area contributed by atoms with Crippen molar-refractivity contribution in [2.45, 2.75) is 131 Å². The Bertz CT molecular complexity index is 1260. The van der Waals surface area contributed by atoms with E-state index in [2.05, 4.69) is 159 Å². The van der Waals surface area contributed by atoms with Crippen molar-refractivity contribution in [1.82, 2.24) is 0 Å². The topological polar surface area (TPSA) is 0 Å². The molecule has 0 aliphatic carbocycles. The van der Waals surface area contributed by atoms with Crippen molar-refractivity contribution < 1.29 is 50.7 Å². The average Bonchev–Trinajstić information content (AvgIpc) is 3.36. The Morgan fingerprint density at radius 1 is 0.442 bits per heavy atom. The average molecular weight is 824 g/mol. The summed E-state index contributed by atoms with van der Waals surface area (Å²) in [6, 6.07) is 18.8. The van der Waals surface area contributed by atoms with Gasteiger partial charge in [-0.25, -0.2) is 0 Å². The molecular formula is C38H56Cl2HfP2. The van der Waals surface area contributed by atoms with Crippen LogP contribution in [0.4, 0.5) is 0 Å². The maximum Gasteiger partial charge on any atom is 4.00 e. The summed E-state index contributed by atoms with van der Waals surface area (Å²) >= 11 is 0. The van der Waals surface area contributed by atoms with Gasteiger partial charge < -0.3 is 24.8 Å². The van der Waals surface area contributed by atoms with Gasteiger partial charge in [0.05, 0.1) is 0 Å². The maximum atomic E-state index is 2.46. The van der Waals surface area contributed by atoms with Crippen LogP contribution in [0.5, 0.6) is 0 Å². The largest absolute Gasteiger partial charge is 4.00 e. The zero-order valence-electron chi connectivity index (χ0n) is 29.8. The quantitative estimate of drug-likeness (QED) is 0.137. The summed E-state index contributed by atoms with van der Waals surface area (Å²) in [7, 11) is -0.419. The first-order chi connectivity index (χ1) is 18.0. The van der Waals surface area contributed by atoms with E-state index in [-0.39, 0.29) is 66.5 Å². The van der Waals surface area contributed by atoms with E-state index >= 15 is 0 Å². The molecule has 0 N–H and O–H groups in total. The zero-order chi connectivity index (χ0) is 30.6. The smallest absolute Gasteiger partial charge is 1.00 e. The maximum absolute atomic E-state index is 2.46. The van der Waals surface area contributed by atoms with Crippen molar-refractivity contribution in [1.29, 1.82) is 0 Å². The van der Waals surface area contributed by atoms with Crippen LogP contribution in [0.1, 0.15) is 105 Å². The molecule has 0 nitrogen and oxygen atoms in total. The predicted molar refractivity (Wildman–Crippen MR) is 190 cm³/mol. The second-order valence-electron chi connectivity index (χ2n) is 15.8. The number of rotatable bonds is 2. The summed E-state index contributed by atoms with van der Waals surface area (Å²) < 4.78 is 0. The second-order valence-corrected chi connectivity index (χ2v) is 23.6. The second kappa shape index (κ2) is 15.2. The standard InChI is InChI=1S/2C19H28P.2ClH.Hf/c2*1-13-9-10-14(2)17-12-15(11-16(13)17)20(18(3,4)5)19(6,7)8;;;/h2*9-12H,1-8H3;2*1H;/q2*-1;;;+4/p-2. The molecule has 5 heteroatoms. The van der Waals surface area contributed by atoms with Crippen molar-refractivity contribution in [3.63, 3.8) is 0 Å². The van der Waals surface area contributed by atoms with Gasteiger partial charge in [-0.1, -0.05) is 136 Å². The SMILES string of the molecule is Cc1ccc(C)c2[cH-]c(P(C(C)(C)C)C(C)(C)C)cc12.Cc1ccc(C)c2[cH-]c(P(C(C)(C)C)C(C)(C)C)cc12.[Cl-].[Cl-].[Hf+4]. The van der Waals surface area contributed by atoms with Gasteiger partial charge in [0.15, 0.2) is 0 Å². The molecule has 4 aromatic rings. The van der Waals surface area contributed by atoms with E-state index in [9.17, 15) is 0 Å². The Morgan fingerprint density at radius 2 is 0.674 bits per heavy atom. The monoisotopic (exact) mass is 824 g/mol. The van der Waals surface area contributed by atoms with E-state index in [1.165, 1.54) is 43.8 Å². The van der Waals surface area contributed by atoms with E-state index in [4.69, 9.17) is 0 Å². The van der Waals surface area contributed by atoms with Crippen LogP contribution >= 0.6 is 15.8 Å². The van der Waals surface area contributed by atoms with Gasteiger partial charge in [-0.3, -0.25) is 0 Å². The van der Waals surface area contributed by atoms with Gasteiger partial charge in [0.25, 0.3) is 0 Å². The molecule has 0 saturated carbocycles. The van der Waals surface area contributed by atoms with E-state index in [0.717, 1.165) is 0 Å². The third-order valence-corrected chi connectivity index (χ3v) is 14.7. The van der Waals surface area contributed by atoms with Crippen LogP contribution in [0.25, 0.3) is 21.5 Å². The first kappa shape index (κ1) is 43.0. The third-order valence-electron chi connectivity index (χ3n) is 7.81. The van der Waals surface area contributed by atoms with Crippen LogP contribution in [0, 0.1) is 27.7 Å². The van der Waals surface area contributed by atoms with Gasteiger partial charge in [0.2, 0.25) is 0 Å². The van der Waals surface area contributed by atoms with E-state index in [0.29, 0.717) is 20.6 Å². The molecule has 0 heterocycles. The van der Waals surface area contributed by atoms with Crippen LogP contribution in [-0.2, 0) is 25.8 Å². The molecule has 0 spiro atoms. The molecule has 4 rings (SSSR count). The fourth-order valence-corrected chi connectivity index (χ4v) is 15.1. The molecule has 0 aliphatic heterocycles. The van der Waals surface area contributed by atoms with Crippen molar-refractivity contribution >= 4 is 48.0 Å². The number of fused-ring (bicyclic) bond motifs is 2. The Morgan fingerprint density at radius 3 is 0.884 bits per heavy atom. The first-order valence-corrected chi connectivity index (χ1v) is 17.7. The molecule has 0 saturated heterocycles. The Hall–Kier alpha value is -0.0299. The molecule has 0 bridgehead atoms. The third kappa shape index (κ3) is 9.98. The molecule has 0 amide bonds. The van der Waals surface area contributed by atoms with Crippen molar-refractivity contribution in [3.8, 4) is 0 Å². The van der Waals surface area contributed by atoms with Crippen LogP contribution in [0.2, 0.25) is 0 Å². The minimum Gasteiger partial charge on any atom is -1.00 e. The number of aryl methyl sites for hydroxylation is 4. The Kier molecular flexibility index (Phi) is 15.2. The summed E-state index contributed by atoms with van der Waals surface area (Å²) in [5, 5.41) is 10.2. The fourth-order valence-electron chi connectivity index (χ4n) is 6.97. The molecule has 0 unspecified atom stereocenters. The summed E-state index contributed by atoms with van der Waals surface area (Å²) in [6.07, 6.45) is 0. The van der Waals surface area contributed by atoms with Crippen molar-refractivity contribution in [3.05, 3.63) is 70.8 Å². The normalized spacial score (nSPS) is 12.5. The molecule has 236 valence electrons. The molecule has 0 aliphatic rings. The summed E-state index contributed by atoms with van der Waals surface area (Å²) in [5.41, 5.74) is 5.59. The van der Waals surface area contributed by atoms with Crippen LogP contribution < -0.4 is 35.4 Å². The molecule has 0 atom stereocenters. The van der Waals surface area contributed by atoms with E-state index in [1.54, 1.807) is 10.6 Å². The zero-order valence-corrected chi connectivity index (χ0v) is 36.7. The van der Waals surface area contributed by atoms with Gasteiger partial charge in [0.1, 0.15) is 0 Å². The van der Waals surface area contributed by atoms with Crippen LogP contribution in [-0.4, -0.2) is 20.6 Å². The number of benzene rings is 2. The van der Waals surface area contributed by atoms with E-state index in [1.807, 2.05) is 0 Å². The summed E-state index contributed by atoms with van der Waals surface area (Å²) in [6.45, 7) is 37.6. The predicted octanol–water partition coefficient (Wildman–Crippen LogP) is 5.76.